The SMILES string of the molecule is O.O.O.O=C(O)CN(CCN(CC(=O)O)CC(=O)O)CC(=O)O.[H-].[H-].[H-].[Na+].[Na+].[Na+]. The molecule has 0 unspecified atom stereocenters. The van der Waals surface area contributed by atoms with Crippen LogP contribution in [0, 0.1) is 0 Å². The number of hydrogen-bond acceptors (Lipinski definition) is 6. The van der Waals surface area contributed by atoms with Gasteiger partial charge in [0.05, 0.1) is 26.2 Å². The molecule has 16 heteroatoms. The molecule has 0 aromatic heterocycles. The number of nitrogens with zero attached hydrogens (tertiary/aromatic N) is 2. The van der Waals surface area contributed by atoms with E-state index in [-0.39, 0.29) is 122 Å². The fourth-order valence-corrected chi connectivity index (χ4v) is 1.48. The van der Waals surface area contributed by atoms with Crippen LogP contribution in [0.2, 0.25) is 0 Å². The Hall–Kier alpha value is 0.680. The van der Waals surface area contributed by atoms with E-state index in [1.807, 2.05) is 0 Å². The number of carboxylic acid groups (broad SMARTS) is 4. The fraction of sp³-hybridized carbons (Fsp3) is 0.600. The fourth-order valence-electron chi connectivity index (χ4n) is 1.48. The van der Waals surface area contributed by atoms with E-state index in [4.69, 9.17) is 20.4 Å². The number of carbonyl (C=O) groups is 4. The first-order chi connectivity index (χ1) is 9.20. The Balaban J connectivity index is -0.0000000501. The number of carboxylic acids is 4. The first-order valence-corrected chi connectivity index (χ1v) is 5.52. The van der Waals surface area contributed by atoms with Crippen LogP contribution in [0.25, 0.3) is 0 Å². The van der Waals surface area contributed by atoms with E-state index in [0.717, 1.165) is 9.80 Å². The van der Waals surface area contributed by atoms with Gasteiger partial charge in [-0.05, 0) is 0 Å². The summed E-state index contributed by atoms with van der Waals surface area (Å²) in [6.07, 6.45) is 0. The first kappa shape index (κ1) is 45.4. The van der Waals surface area contributed by atoms with E-state index in [0.29, 0.717) is 0 Å². The summed E-state index contributed by atoms with van der Waals surface area (Å²) < 4.78 is 0. The largest absolute Gasteiger partial charge is 1.00 e. The van der Waals surface area contributed by atoms with Gasteiger partial charge in [-0.1, -0.05) is 0 Å². The predicted molar refractivity (Wildman–Crippen MR) is 77.6 cm³/mol. The Labute approximate surface area is 220 Å². The van der Waals surface area contributed by atoms with Gasteiger partial charge in [0.1, 0.15) is 0 Å². The van der Waals surface area contributed by atoms with Crippen LogP contribution in [0.1, 0.15) is 4.28 Å². The minimum absolute atomic E-state index is 0. The standard InChI is InChI=1S/C10H16N2O8.3Na.3H2O.3H/c13-7(14)3-11(4-8(15)16)1-2-12(5-9(17)18)6-10(19)20;;;;;;;;;/h1-6H2,(H,13,14)(H,15,16)(H,17,18)(H,19,20);;;;3*1H2;;;/q;3*+1;;;;3*-1. The second-order valence-electron chi connectivity index (χ2n) is 4.00. The molecule has 0 aliphatic rings. The molecule has 0 aliphatic carbocycles. The van der Waals surface area contributed by atoms with Crippen LogP contribution < -0.4 is 88.7 Å². The number of hydrogen-bond donors (Lipinski definition) is 4. The van der Waals surface area contributed by atoms with Gasteiger partial charge in [-0.25, -0.2) is 0 Å². The van der Waals surface area contributed by atoms with E-state index >= 15 is 0 Å². The average Bonchev–Trinajstić information content (AvgIpc) is 2.22. The molecule has 0 aromatic carbocycles. The second kappa shape index (κ2) is 25.7. The maximum Gasteiger partial charge on any atom is 1.00 e. The van der Waals surface area contributed by atoms with Gasteiger partial charge in [0, 0.05) is 13.1 Å². The van der Waals surface area contributed by atoms with Crippen molar-refractivity contribution in [3.8, 4) is 0 Å². The molecule has 0 aromatic rings. The molecule has 0 rings (SSSR count). The molecule has 0 amide bonds. The molecule has 26 heavy (non-hydrogen) atoms. The van der Waals surface area contributed by atoms with E-state index in [1.165, 1.54) is 0 Å². The van der Waals surface area contributed by atoms with E-state index in [1.54, 1.807) is 0 Å². The van der Waals surface area contributed by atoms with Crippen LogP contribution in [0.15, 0.2) is 0 Å². The summed E-state index contributed by atoms with van der Waals surface area (Å²) >= 11 is 0. The first-order valence-electron chi connectivity index (χ1n) is 5.52. The molecule has 144 valence electrons. The molecule has 13 nitrogen and oxygen atoms in total. The zero-order valence-electron chi connectivity index (χ0n) is 18.1. The summed E-state index contributed by atoms with van der Waals surface area (Å²) in [5, 5.41) is 34.5. The normalized spacial score (nSPS) is 8.23. The molecular weight excluding hydrogens is 393 g/mol. The van der Waals surface area contributed by atoms with Crippen molar-refractivity contribution in [2.45, 2.75) is 0 Å². The van der Waals surface area contributed by atoms with Gasteiger partial charge in [-0.3, -0.25) is 29.0 Å². The Kier molecular flexibility index (Phi) is 44.9. The van der Waals surface area contributed by atoms with Crippen molar-refractivity contribution in [3.63, 3.8) is 0 Å². The maximum atomic E-state index is 10.6. The van der Waals surface area contributed by atoms with E-state index < -0.39 is 50.1 Å². The summed E-state index contributed by atoms with van der Waals surface area (Å²) in [6.45, 7) is -2.25. The van der Waals surface area contributed by atoms with Crippen LogP contribution in [-0.4, -0.2) is 110 Å². The third kappa shape index (κ3) is 29.4. The third-order valence-electron chi connectivity index (χ3n) is 2.17. The zero-order chi connectivity index (χ0) is 15.7. The van der Waals surface area contributed by atoms with Crippen molar-refractivity contribution in [2.24, 2.45) is 0 Å². The van der Waals surface area contributed by atoms with Gasteiger partial charge >= 0.3 is 113 Å². The van der Waals surface area contributed by atoms with Crippen LogP contribution in [0.5, 0.6) is 0 Å². The van der Waals surface area contributed by atoms with Gasteiger partial charge in [0.2, 0.25) is 0 Å². The molecule has 0 heterocycles. The Morgan fingerprint density at radius 3 is 0.808 bits per heavy atom. The molecule has 0 aliphatic heterocycles. The molecule has 0 saturated heterocycles. The predicted octanol–water partition coefficient (Wildman–Crippen LogP) is -13.2. The van der Waals surface area contributed by atoms with Crippen LogP contribution in [0.3, 0.4) is 0 Å². The Morgan fingerprint density at radius 1 is 0.538 bits per heavy atom. The van der Waals surface area contributed by atoms with Gasteiger partial charge in [-0.2, -0.15) is 0 Å². The molecule has 0 saturated carbocycles. The van der Waals surface area contributed by atoms with Crippen molar-refractivity contribution in [3.05, 3.63) is 0 Å². The second-order valence-corrected chi connectivity index (χ2v) is 4.00. The molecule has 0 spiro atoms. The van der Waals surface area contributed by atoms with Crippen LogP contribution in [0.4, 0.5) is 0 Å². The van der Waals surface area contributed by atoms with Gasteiger partial charge in [-0.15, -0.1) is 0 Å². The average molecular weight is 418 g/mol. The van der Waals surface area contributed by atoms with Crippen molar-refractivity contribution in [1.29, 1.82) is 0 Å². The maximum absolute atomic E-state index is 10.6. The molecule has 0 fully saturated rings. The van der Waals surface area contributed by atoms with E-state index in [9.17, 15) is 19.2 Å². The van der Waals surface area contributed by atoms with Crippen molar-refractivity contribution >= 4 is 23.9 Å². The van der Waals surface area contributed by atoms with Crippen LogP contribution >= 0.6 is 0 Å². The molecule has 10 N–H and O–H groups in total. The van der Waals surface area contributed by atoms with Crippen molar-refractivity contribution < 1.29 is 149 Å². The number of aliphatic carboxylic acids is 4. The van der Waals surface area contributed by atoms with Crippen LogP contribution in [-0.2, 0) is 19.2 Å². The summed E-state index contributed by atoms with van der Waals surface area (Å²) in [5.74, 6) is -4.91. The summed E-state index contributed by atoms with van der Waals surface area (Å²) in [4.78, 5) is 44.4. The minimum atomic E-state index is -1.23. The molecule has 0 radical (unpaired) electrons. The minimum Gasteiger partial charge on any atom is -1.00 e. The van der Waals surface area contributed by atoms with Gasteiger partial charge in [0.25, 0.3) is 0 Å². The zero-order valence-corrected chi connectivity index (χ0v) is 21.1. The summed E-state index contributed by atoms with van der Waals surface area (Å²) in [7, 11) is 0. The number of rotatable bonds is 11. The van der Waals surface area contributed by atoms with E-state index in [2.05, 4.69) is 0 Å². The Bertz CT molecular complexity index is 346. The molecule has 0 bridgehead atoms. The third-order valence-corrected chi connectivity index (χ3v) is 2.17. The van der Waals surface area contributed by atoms with Gasteiger partial charge < -0.3 is 41.1 Å². The molecule has 0 atom stereocenters. The van der Waals surface area contributed by atoms with Crippen molar-refractivity contribution in [1.82, 2.24) is 9.80 Å². The summed E-state index contributed by atoms with van der Waals surface area (Å²) in [5.41, 5.74) is 0. The van der Waals surface area contributed by atoms with Gasteiger partial charge in [0.15, 0.2) is 0 Å². The monoisotopic (exact) mass is 418 g/mol. The smallest absolute Gasteiger partial charge is 1.00 e. The Morgan fingerprint density at radius 2 is 0.692 bits per heavy atom. The van der Waals surface area contributed by atoms with Crippen molar-refractivity contribution in [2.75, 3.05) is 39.3 Å². The quantitative estimate of drug-likeness (QED) is 0.230. The molecular formula is C10H25N2Na3O11. The summed E-state index contributed by atoms with van der Waals surface area (Å²) in [6, 6.07) is 0. The topological polar surface area (TPSA) is 250 Å².